The van der Waals surface area contributed by atoms with Gasteiger partial charge in [-0.25, -0.2) is 0 Å². The van der Waals surface area contributed by atoms with Crippen LogP contribution < -0.4 is 5.32 Å². The Morgan fingerprint density at radius 1 is 1.50 bits per heavy atom. The van der Waals surface area contributed by atoms with Crippen molar-refractivity contribution in [3.8, 4) is 0 Å². The molecule has 1 atom stereocenters. The Balaban J connectivity index is 1.94. The summed E-state index contributed by atoms with van der Waals surface area (Å²) in [4.78, 5) is 12.3. The number of carbonyl (C=O) groups excluding carboxylic acids is 1. The van der Waals surface area contributed by atoms with Crippen molar-refractivity contribution < 1.29 is 9.21 Å². The second-order valence-electron chi connectivity index (χ2n) is 4.55. The van der Waals surface area contributed by atoms with Gasteiger partial charge in [0.25, 0.3) is 0 Å². The zero-order valence-electron chi connectivity index (χ0n) is 10.2. The van der Waals surface area contributed by atoms with Crippen molar-refractivity contribution in [2.75, 3.05) is 18.1 Å². The third-order valence-corrected chi connectivity index (χ3v) is 4.28. The minimum absolute atomic E-state index is 0.0674. The Morgan fingerprint density at radius 3 is 3.11 bits per heavy atom. The number of benzene rings is 1. The first kappa shape index (κ1) is 11.8. The summed E-state index contributed by atoms with van der Waals surface area (Å²) >= 11 is 1.81. The number of nitrogens with one attached hydrogen (secondary N) is 1. The Bertz CT molecular complexity index is 584. The highest BCUT2D eigenvalue weighted by atomic mass is 32.2. The number of ketones is 1. The zero-order chi connectivity index (χ0) is 12.5. The van der Waals surface area contributed by atoms with E-state index in [1.807, 2.05) is 43.0 Å². The summed E-state index contributed by atoms with van der Waals surface area (Å²) in [7, 11) is 0. The molecule has 3 rings (SSSR count). The van der Waals surface area contributed by atoms with E-state index in [9.17, 15) is 4.79 Å². The summed E-state index contributed by atoms with van der Waals surface area (Å²) in [5.41, 5.74) is 1.89. The maximum atomic E-state index is 12.3. The Morgan fingerprint density at radius 2 is 2.39 bits per heavy atom. The van der Waals surface area contributed by atoms with E-state index in [1.165, 1.54) is 0 Å². The van der Waals surface area contributed by atoms with Crippen LogP contribution in [0, 0.1) is 6.92 Å². The normalized spacial score (nSPS) is 20.2. The third kappa shape index (κ3) is 2.06. The van der Waals surface area contributed by atoms with E-state index < -0.39 is 0 Å². The number of para-hydroxylation sites is 1. The number of Topliss-reactive ketones (excluding diaryl/α,β-unsaturated/α-hetero) is 1. The number of hydrogen-bond acceptors (Lipinski definition) is 4. The highest BCUT2D eigenvalue weighted by molar-refractivity contribution is 7.99. The van der Waals surface area contributed by atoms with E-state index in [0.717, 1.165) is 34.6 Å². The number of rotatable bonds is 2. The van der Waals surface area contributed by atoms with Crippen molar-refractivity contribution in [2.45, 2.75) is 13.0 Å². The van der Waals surface area contributed by atoms with Crippen LogP contribution in [0.25, 0.3) is 11.0 Å². The van der Waals surface area contributed by atoms with E-state index >= 15 is 0 Å². The first-order chi connectivity index (χ1) is 8.75. The van der Waals surface area contributed by atoms with Crippen molar-refractivity contribution in [3.63, 3.8) is 0 Å². The smallest absolute Gasteiger partial charge is 0.215 e. The molecule has 0 bridgehead atoms. The fourth-order valence-electron chi connectivity index (χ4n) is 2.24. The molecular weight excluding hydrogens is 246 g/mol. The van der Waals surface area contributed by atoms with Gasteiger partial charge in [-0.3, -0.25) is 4.79 Å². The Hall–Kier alpha value is -1.26. The minimum atomic E-state index is -0.107. The maximum Gasteiger partial charge on any atom is 0.215 e. The largest absolute Gasteiger partial charge is 0.453 e. The van der Waals surface area contributed by atoms with Crippen LogP contribution in [0.15, 0.2) is 28.7 Å². The molecule has 1 unspecified atom stereocenters. The summed E-state index contributed by atoms with van der Waals surface area (Å²) in [5.74, 6) is 2.44. The minimum Gasteiger partial charge on any atom is -0.453 e. The summed E-state index contributed by atoms with van der Waals surface area (Å²) in [5, 5.41) is 4.25. The average molecular weight is 261 g/mol. The van der Waals surface area contributed by atoms with Gasteiger partial charge in [0.2, 0.25) is 5.78 Å². The number of aryl methyl sites for hydroxylation is 1. The molecule has 0 radical (unpaired) electrons. The van der Waals surface area contributed by atoms with Crippen LogP contribution in [0.2, 0.25) is 0 Å². The van der Waals surface area contributed by atoms with Gasteiger partial charge in [0.05, 0.1) is 6.04 Å². The molecule has 0 spiro atoms. The van der Waals surface area contributed by atoms with Gasteiger partial charge < -0.3 is 9.73 Å². The molecule has 1 aromatic carbocycles. The molecule has 3 nitrogen and oxygen atoms in total. The van der Waals surface area contributed by atoms with Crippen molar-refractivity contribution in [1.29, 1.82) is 0 Å². The van der Waals surface area contributed by atoms with Gasteiger partial charge in [-0.15, -0.1) is 0 Å². The highest BCUT2D eigenvalue weighted by Gasteiger charge is 2.25. The van der Waals surface area contributed by atoms with Gasteiger partial charge in [0.15, 0.2) is 5.76 Å². The lowest BCUT2D eigenvalue weighted by Gasteiger charge is -2.20. The van der Waals surface area contributed by atoms with E-state index in [2.05, 4.69) is 5.32 Å². The number of carbonyl (C=O) groups is 1. The topological polar surface area (TPSA) is 42.2 Å². The Kier molecular flexibility index (Phi) is 3.14. The highest BCUT2D eigenvalue weighted by Crippen LogP contribution is 2.24. The molecule has 1 aliphatic rings. The molecule has 1 aliphatic heterocycles. The molecule has 4 heteroatoms. The molecule has 1 saturated heterocycles. The predicted octanol–water partition coefficient (Wildman–Crippen LogP) is 2.63. The van der Waals surface area contributed by atoms with Gasteiger partial charge in [0, 0.05) is 23.4 Å². The monoisotopic (exact) mass is 261 g/mol. The average Bonchev–Trinajstić information content (AvgIpc) is 2.84. The van der Waals surface area contributed by atoms with Gasteiger partial charge in [-0.2, -0.15) is 11.8 Å². The summed E-state index contributed by atoms with van der Waals surface area (Å²) < 4.78 is 5.72. The second-order valence-corrected chi connectivity index (χ2v) is 5.70. The van der Waals surface area contributed by atoms with E-state index in [1.54, 1.807) is 0 Å². The van der Waals surface area contributed by atoms with E-state index in [0.29, 0.717) is 5.76 Å². The van der Waals surface area contributed by atoms with Gasteiger partial charge >= 0.3 is 0 Å². The molecule has 2 aromatic rings. The van der Waals surface area contributed by atoms with E-state index in [-0.39, 0.29) is 11.8 Å². The molecule has 2 heterocycles. The first-order valence-electron chi connectivity index (χ1n) is 6.10. The molecular formula is C14H15NO2S. The SMILES string of the molecule is Cc1cccc2cc(C(=O)C3CSCCN3)oc12. The summed E-state index contributed by atoms with van der Waals surface area (Å²) in [6.45, 7) is 2.88. The molecule has 1 N–H and O–H groups in total. The van der Waals surface area contributed by atoms with Crippen molar-refractivity contribution >= 4 is 28.5 Å². The molecule has 1 fully saturated rings. The summed E-state index contributed by atoms with van der Waals surface area (Å²) in [6, 6.07) is 7.70. The van der Waals surface area contributed by atoms with Crippen LogP contribution in [0.4, 0.5) is 0 Å². The molecule has 94 valence electrons. The van der Waals surface area contributed by atoms with Crippen LogP contribution in [-0.2, 0) is 0 Å². The lowest BCUT2D eigenvalue weighted by Crippen LogP contribution is -2.43. The lowest BCUT2D eigenvalue weighted by atomic mass is 10.1. The number of thioether (sulfide) groups is 1. The number of furan rings is 1. The maximum absolute atomic E-state index is 12.3. The number of hydrogen-bond donors (Lipinski definition) is 1. The lowest BCUT2D eigenvalue weighted by molar-refractivity contribution is 0.0927. The fraction of sp³-hybridized carbons (Fsp3) is 0.357. The second kappa shape index (κ2) is 4.78. The van der Waals surface area contributed by atoms with Crippen LogP contribution >= 0.6 is 11.8 Å². The zero-order valence-corrected chi connectivity index (χ0v) is 11.0. The van der Waals surface area contributed by atoms with Gasteiger partial charge in [0.1, 0.15) is 5.58 Å². The number of fused-ring (bicyclic) bond motifs is 1. The van der Waals surface area contributed by atoms with Crippen molar-refractivity contribution in [2.24, 2.45) is 0 Å². The van der Waals surface area contributed by atoms with Crippen LogP contribution in [0.1, 0.15) is 16.1 Å². The Labute approximate surface area is 110 Å². The third-order valence-electron chi connectivity index (χ3n) is 3.22. The quantitative estimate of drug-likeness (QED) is 0.844. The molecule has 0 saturated carbocycles. The van der Waals surface area contributed by atoms with Crippen molar-refractivity contribution in [3.05, 3.63) is 35.6 Å². The van der Waals surface area contributed by atoms with Gasteiger partial charge in [-0.1, -0.05) is 18.2 Å². The molecule has 18 heavy (non-hydrogen) atoms. The molecule has 1 aromatic heterocycles. The van der Waals surface area contributed by atoms with Gasteiger partial charge in [-0.05, 0) is 18.6 Å². The van der Waals surface area contributed by atoms with Crippen molar-refractivity contribution in [1.82, 2.24) is 5.32 Å². The standard InChI is InChI=1S/C14H15NO2S/c1-9-3-2-4-10-7-12(17-14(9)10)13(16)11-8-18-6-5-15-11/h2-4,7,11,15H,5-6,8H2,1H3. The summed E-state index contributed by atoms with van der Waals surface area (Å²) in [6.07, 6.45) is 0. The first-order valence-corrected chi connectivity index (χ1v) is 7.25. The molecule has 0 aliphatic carbocycles. The molecule has 0 amide bonds. The predicted molar refractivity (Wildman–Crippen MR) is 74.4 cm³/mol. The van der Waals surface area contributed by atoms with Crippen LogP contribution in [0.3, 0.4) is 0 Å². The van der Waals surface area contributed by atoms with Crippen LogP contribution in [0.5, 0.6) is 0 Å². The van der Waals surface area contributed by atoms with Crippen LogP contribution in [-0.4, -0.2) is 29.9 Å². The fourth-order valence-corrected chi connectivity index (χ4v) is 3.17. The van der Waals surface area contributed by atoms with E-state index in [4.69, 9.17) is 4.42 Å².